The summed E-state index contributed by atoms with van der Waals surface area (Å²) in [7, 11) is 1.51. The lowest BCUT2D eigenvalue weighted by Gasteiger charge is -2.11. The van der Waals surface area contributed by atoms with Crippen LogP contribution in [0.15, 0.2) is 60.9 Å². The van der Waals surface area contributed by atoms with Crippen LogP contribution in [0.3, 0.4) is 0 Å². The number of carbonyl (C=O) groups is 2. The molecule has 0 spiro atoms. The summed E-state index contributed by atoms with van der Waals surface area (Å²) in [5, 5.41) is 5.21. The van der Waals surface area contributed by atoms with Crippen LogP contribution in [-0.4, -0.2) is 23.9 Å². The van der Waals surface area contributed by atoms with Crippen molar-refractivity contribution in [3.05, 3.63) is 83.4 Å². The molecule has 0 aliphatic heterocycles. The average Bonchev–Trinajstić information content (AvgIpc) is 2.70. The van der Waals surface area contributed by atoms with Crippen LogP contribution in [0, 0.1) is 12.7 Å². The van der Waals surface area contributed by atoms with Crippen LogP contribution < -0.4 is 15.4 Å². The van der Waals surface area contributed by atoms with Crippen molar-refractivity contribution in [2.45, 2.75) is 6.92 Å². The van der Waals surface area contributed by atoms with E-state index in [2.05, 4.69) is 15.6 Å². The molecule has 0 saturated carbocycles. The molecule has 0 fully saturated rings. The van der Waals surface area contributed by atoms with E-state index in [4.69, 9.17) is 4.74 Å². The van der Waals surface area contributed by atoms with Crippen molar-refractivity contribution in [2.75, 3.05) is 17.7 Å². The number of nitrogens with zero attached hydrogens (tertiary/aromatic N) is 1. The number of nitrogens with one attached hydrogen (secondary N) is 2. The van der Waals surface area contributed by atoms with Gasteiger partial charge in [-0.25, -0.2) is 4.39 Å². The van der Waals surface area contributed by atoms with Crippen molar-refractivity contribution in [1.29, 1.82) is 0 Å². The van der Waals surface area contributed by atoms with Gasteiger partial charge < -0.3 is 15.4 Å². The number of amides is 2. The minimum Gasteiger partial charge on any atom is -0.495 e. The molecule has 0 saturated heterocycles. The van der Waals surface area contributed by atoms with Crippen LogP contribution >= 0.6 is 0 Å². The fourth-order valence-corrected chi connectivity index (χ4v) is 2.56. The lowest BCUT2D eigenvalue weighted by atomic mass is 10.1. The van der Waals surface area contributed by atoms with Crippen LogP contribution in [0.25, 0.3) is 0 Å². The van der Waals surface area contributed by atoms with Gasteiger partial charge in [0.25, 0.3) is 11.8 Å². The molecule has 7 heteroatoms. The number of halogens is 1. The van der Waals surface area contributed by atoms with E-state index < -0.39 is 17.6 Å². The first kappa shape index (κ1) is 19.0. The monoisotopic (exact) mass is 379 g/mol. The minimum absolute atomic E-state index is 0.0480. The quantitative estimate of drug-likeness (QED) is 0.701. The first-order valence-electron chi connectivity index (χ1n) is 8.45. The van der Waals surface area contributed by atoms with Crippen molar-refractivity contribution in [3.63, 3.8) is 0 Å². The molecule has 0 radical (unpaired) electrons. The Morgan fingerprint density at radius 2 is 1.57 bits per heavy atom. The Bertz CT molecular complexity index is 1040. The molecule has 142 valence electrons. The summed E-state index contributed by atoms with van der Waals surface area (Å²) < 4.78 is 19.0. The molecule has 3 aromatic rings. The number of aryl methyl sites for hydroxylation is 1. The number of methoxy groups -OCH3 is 1. The normalized spacial score (nSPS) is 10.2. The van der Waals surface area contributed by atoms with Crippen molar-refractivity contribution in [3.8, 4) is 5.75 Å². The summed E-state index contributed by atoms with van der Waals surface area (Å²) in [4.78, 5) is 28.9. The Labute approximate surface area is 161 Å². The standard InChI is InChI=1S/C21H18FN3O3/c1-13-7-8-19(28-2)18(9-13)25-21(27)15-10-14(11-23-12-15)20(26)24-17-6-4-3-5-16(17)22/h3-12H,1-2H3,(H,24,26)(H,25,27). The number of benzene rings is 2. The van der Waals surface area contributed by atoms with E-state index in [1.54, 1.807) is 18.2 Å². The molecule has 2 N–H and O–H groups in total. The lowest BCUT2D eigenvalue weighted by molar-refractivity contribution is 0.102. The van der Waals surface area contributed by atoms with E-state index in [1.165, 1.54) is 43.8 Å². The third-order valence-corrected chi connectivity index (χ3v) is 3.99. The zero-order valence-electron chi connectivity index (χ0n) is 15.3. The molecule has 1 heterocycles. The van der Waals surface area contributed by atoms with Gasteiger partial charge in [-0.3, -0.25) is 14.6 Å². The van der Waals surface area contributed by atoms with Crippen LogP contribution in [0.5, 0.6) is 5.75 Å². The Balaban J connectivity index is 1.79. The summed E-state index contributed by atoms with van der Waals surface area (Å²) in [6.07, 6.45) is 2.65. The van der Waals surface area contributed by atoms with Crippen molar-refractivity contribution >= 4 is 23.2 Å². The topological polar surface area (TPSA) is 80.3 Å². The number of pyridine rings is 1. The number of para-hydroxylation sites is 1. The summed E-state index contributed by atoms with van der Waals surface area (Å²) in [5.74, 6) is -1.05. The zero-order valence-corrected chi connectivity index (χ0v) is 15.3. The number of hydrogen-bond donors (Lipinski definition) is 2. The Kier molecular flexibility index (Phi) is 5.64. The molecule has 2 amide bonds. The van der Waals surface area contributed by atoms with Gasteiger partial charge in [0, 0.05) is 12.4 Å². The van der Waals surface area contributed by atoms with Crippen LogP contribution in [0.2, 0.25) is 0 Å². The highest BCUT2D eigenvalue weighted by atomic mass is 19.1. The zero-order chi connectivity index (χ0) is 20.1. The molecular weight excluding hydrogens is 361 g/mol. The third-order valence-electron chi connectivity index (χ3n) is 3.99. The maximum atomic E-state index is 13.7. The van der Waals surface area contributed by atoms with Crippen LogP contribution in [0.1, 0.15) is 26.3 Å². The first-order chi connectivity index (χ1) is 13.5. The van der Waals surface area contributed by atoms with E-state index >= 15 is 0 Å². The molecule has 1 aromatic heterocycles. The predicted molar refractivity (Wildman–Crippen MR) is 104 cm³/mol. The second kappa shape index (κ2) is 8.30. The summed E-state index contributed by atoms with van der Waals surface area (Å²) in [6, 6.07) is 12.6. The van der Waals surface area contributed by atoms with Crippen molar-refractivity contribution in [2.24, 2.45) is 0 Å². The largest absolute Gasteiger partial charge is 0.495 e. The molecule has 0 aliphatic carbocycles. The van der Waals surface area contributed by atoms with Gasteiger partial charge in [-0.1, -0.05) is 18.2 Å². The molecule has 0 aliphatic rings. The summed E-state index contributed by atoms with van der Waals surface area (Å²) in [5.41, 5.74) is 1.82. The van der Waals surface area contributed by atoms with Gasteiger partial charge >= 0.3 is 0 Å². The highest BCUT2D eigenvalue weighted by molar-refractivity contribution is 6.08. The van der Waals surface area contributed by atoms with Gasteiger partial charge in [-0.05, 0) is 42.8 Å². The van der Waals surface area contributed by atoms with E-state index in [1.807, 2.05) is 13.0 Å². The number of rotatable bonds is 5. The van der Waals surface area contributed by atoms with Crippen molar-refractivity contribution in [1.82, 2.24) is 4.98 Å². The predicted octanol–water partition coefficient (Wildman–Crippen LogP) is 4.04. The molecule has 0 unspecified atom stereocenters. The van der Waals surface area contributed by atoms with Crippen LogP contribution in [-0.2, 0) is 0 Å². The molecule has 0 bridgehead atoms. The summed E-state index contributed by atoms with van der Waals surface area (Å²) >= 11 is 0. The molecule has 28 heavy (non-hydrogen) atoms. The van der Waals surface area contributed by atoms with Gasteiger partial charge in [0.15, 0.2) is 0 Å². The fraction of sp³-hybridized carbons (Fsp3) is 0.0952. The Morgan fingerprint density at radius 1 is 0.929 bits per heavy atom. The lowest BCUT2D eigenvalue weighted by Crippen LogP contribution is -2.17. The summed E-state index contributed by atoms with van der Waals surface area (Å²) in [6.45, 7) is 1.89. The minimum atomic E-state index is -0.569. The molecule has 0 atom stereocenters. The molecule has 3 rings (SSSR count). The number of ether oxygens (including phenoxy) is 1. The fourth-order valence-electron chi connectivity index (χ4n) is 2.56. The third kappa shape index (κ3) is 4.32. The van der Waals surface area contributed by atoms with E-state index in [0.29, 0.717) is 11.4 Å². The highest BCUT2D eigenvalue weighted by Gasteiger charge is 2.14. The average molecular weight is 379 g/mol. The Hall–Kier alpha value is -3.74. The van der Waals surface area contributed by atoms with E-state index in [0.717, 1.165) is 5.56 Å². The second-order valence-corrected chi connectivity index (χ2v) is 6.05. The maximum absolute atomic E-state index is 13.7. The molecular formula is C21H18FN3O3. The van der Waals surface area contributed by atoms with Crippen molar-refractivity contribution < 1.29 is 18.7 Å². The van der Waals surface area contributed by atoms with Gasteiger partial charge in [0.1, 0.15) is 11.6 Å². The van der Waals surface area contributed by atoms with E-state index in [9.17, 15) is 14.0 Å². The number of carbonyl (C=O) groups excluding carboxylic acids is 2. The van der Waals surface area contributed by atoms with Gasteiger partial charge in [0.05, 0.1) is 29.6 Å². The smallest absolute Gasteiger partial charge is 0.257 e. The second-order valence-electron chi connectivity index (χ2n) is 6.05. The molecule has 2 aromatic carbocycles. The number of hydrogen-bond acceptors (Lipinski definition) is 4. The van der Waals surface area contributed by atoms with Crippen LogP contribution in [0.4, 0.5) is 15.8 Å². The first-order valence-corrected chi connectivity index (χ1v) is 8.45. The Morgan fingerprint density at radius 3 is 2.21 bits per heavy atom. The van der Waals surface area contributed by atoms with Gasteiger partial charge in [-0.2, -0.15) is 0 Å². The van der Waals surface area contributed by atoms with Gasteiger partial charge in [0.2, 0.25) is 0 Å². The van der Waals surface area contributed by atoms with Gasteiger partial charge in [-0.15, -0.1) is 0 Å². The highest BCUT2D eigenvalue weighted by Crippen LogP contribution is 2.25. The van der Waals surface area contributed by atoms with E-state index in [-0.39, 0.29) is 16.8 Å². The number of aromatic nitrogens is 1. The SMILES string of the molecule is COc1ccc(C)cc1NC(=O)c1cncc(C(=O)Nc2ccccc2F)c1. The molecule has 6 nitrogen and oxygen atoms in total. The number of anilines is 2. The maximum Gasteiger partial charge on any atom is 0.257 e.